The lowest BCUT2D eigenvalue weighted by Gasteiger charge is -2.17. The molecule has 1 aliphatic rings. The summed E-state index contributed by atoms with van der Waals surface area (Å²) < 4.78 is 5.68. The van der Waals surface area contributed by atoms with Crippen molar-refractivity contribution in [2.45, 2.75) is 4.90 Å². The van der Waals surface area contributed by atoms with Gasteiger partial charge in [-0.3, -0.25) is 4.79 Å². The monoisotopic (exact) mass is 376 g/mol. The number of carbonyl (C=O) groups is 1. The second kappa shape index (κ2) is 6.18. The Morgan fingerprint density at radius 2 is 2.09 bits per heavy atom. The molecule has 0 saturated heterocycles. The minimum atomic E-state index is 0.0533. The molecule has 1 N–H and O–H groups in total. The molecule has 112 valence electrons. The van der Waals surface area contributed by atoms with Gasteiger partial charge in [0.25, 0.3) is 0 Å². The molecular formula is C17H13BrO3S. The Bertz CT molecular complexity index is 783. The van der Waals surface area contributed by atoms with E-state index in [1.165, 1.54) is 7.11 Å². The van der Waals surface area contributed by atoms with Crippen molar-refractivity contribution in [2.24, 2.45) is 0 Å². The number of Topliss-reactive ketones (excluding diaryl/α,β-unsaturated/α-hetero) is 1. The van der Waals surface area contributed by atoms with Crippen molar-refractivity contribution in [3.8, 4) is 11.5 Å². The molecule has 0 amide bonds. The van der Waals surface area contributed by atoms with E-state index in [-0.39, 0.29) is 11.5 Å². The number of hydrogen-bond acceptors (Lipinski definition) is 4. The molecule has 0 unspecified atom stereocenters. The fourth-order valence-electron chi connectivity index (χ4n) is 2.32. The van der Waals surface area contributed by atoms with Gasteiger partial charge in [0.1, 0.15) is 0 Å². The molecule has 22 heavy (non-hydrogen) atoms. The van der Waals surface area contributed by atoms with Gasteiger partial charge in [0.05, 0.1) is 11.6 Å². The van der Waals surface area contributed by atoms with Crippen LogP contribution in [0.2, 0.25) is 0 Å². The summed E-state index contributed by atoms with van der Waals surface area (Å²) in [7, 11) is 1.50. The van der Waals surface area contributed by atoms with Gasteiger partial charge in [-0.2, -0.15) is 0 Å². The van der Waals surface area contributed by atoms with Crippen molar-refractivity contribution in [2.75, 3.05) is 12.9 Å². The standard InChI is InChI=1S/C17H13BrO3S/c1-21-14-8-10(7-13(18)17(14)20)6-11-9-22-15-5-3-2-4-12(15)16(11)19/h2-8,20H,9H2,1H3. The van der Waals surface area contributed by atoms with Crippen LogP contribution in [0.5, 0.6) is 11.5 Å². The average Bonchev–Trinajstić information content (AvgIpc) is 2.53. The lowest BCUT2D eigenvalue weighted by Crippen LogP contribution is -2.12. The van der Waals surface area contributed by atoms with Crippen LogP contribution < -0.4 is 4.74 Å². The predicted octanol–water partition coefficient (Wildman–Crippen LogP) is 4.54. The van der Waals surface area contributed by atoms with Crippen LogP contribution in [0.15, 0.2) is 51.3 Å². The highest BCUT2D eigenvalue weighted by Gasteiger charge is 2.22. The highest BCUT2D eigenvalue weighted by molar-refractivity contribution is 9.10. The topological polar surface area (TPSA) is 46.5 Å². The Balaban J connectivity index is 2.00. The largest absolute Gasteiger partial charge is 0.503 e. The molecule has 1 aliphatic heterocycles. The first-order valence-corrected chi connectivity index (χ1v) is 8.41. The smallest absolute Gasteiger partial charge is 0.191 e. The van der Waals surface area contributed by atoms with E-state index in [2.05, 4.69) is 15.9 Å². The number of ketones is 1. The first kappa shape index (κ1) is 15.2. The number of hydrogen-bond donors (Lipinski definition) is 1. The predicted molar refractivity (Wildman–Crippen MR) is 91.8 cm³/mol. The number of aromatic hydroxyl groups is 1. The van der Waals surface area contributed by atoms with Crippen LogP contribution in [0.1, 0.15) is 15.9 Å². The molecule has 0 fully saturated rings. The minimum absolute atomic E-state index is 0.0533. The molecule has 0 spiro atoms. The number of benzene rings is 2. The van der Waals surface area contributed by atoms with E-state index in [1.54, 1.807) is 23.9 Å². The fourth-order valence-corrected chi connectivity index (χ4v) is 3.79. The van der Waals surface area contributed by atoms with Crippen LogP contribution in [0.3, 0.4) is 0 Å². The van der Waals surface area contributed by atoms with E-state index in [9.17, 15) is 9.90 Å². The summed E-state index contributed by atoms with van der Waals surface area (Å²) in [5.74, 6) is 1.12. The van der Waals surface area contributed by atoms with Crippen LogP contribution in [0, 0.1) is 0 Å². The van der Waals surface area contributed by atoms with Crippen molar-refractivity contribution >= 4 is 39.6 Å². The Hall–Kier alpha value is -1.72. The fraction of sp³-hybridized carbons (Fsp3) is 0.118. The van der Waals surface area contributed by atoms with E-state index in [0.29, 0.717) is 16.0 Å². The number of phenolic OH excluding ortho intramolecular Hbond substituents is 1. The van der Waals surface area contributed by atoms with Crippen LogP contribution >= 0.6 is 27.7 Å². The van der Waals surface area contributed by atoms with Gasteiger partial charge in [-0.05, 0) is 51.8 Å². The van der Waals surface area contributed by atoms with Gasteiger partial charge in [0.15, 0.2) is 17.3 Å². The number of carbonyl (C=O) groups excluding carboxylic acids is 1. The molecule has 0 radical (unpaired) electrons. The zero-order valence-electron chi connectivity index (χ0n) is 11.8. The Morgan fingerprint density at radius 1 is 1.32 bits per heavy atom. The normalized spacial score (nSPS) is 15.7. The maximum Gasteiger partial charge on any atom is 0.191 e. The number of phenols is 1. The Labute approximate surface area is 141 Å². The maximum atomic E-state index is 12.6. The summed E-state index contributed by atoms with van der Waals surface area (Å²) in [5, 5.41) is 9.85. The second-order valence-corrected chi connectivity index (χ2v) is 6.71. The lowest BCUT2D eigenvalue weighted by atomic mass is 10.0. The molecular weight excluding hydrogens is 364 g/mol. The quantitative estimate of drug-likeness (QED) is 0.781. The first-order valence-electron chi connectivity index (χ1n) is 6.63. The molecule has 0 aliphatic carbocycles. The lowest BCUT2D eigenvalue weighted by molar-refractivity contribution is 0.103. The zero-order chi connectivity index (χ0) is 15.7. The third kappa shape index (κ3) is 2.78. The summed E-state index contributed by atoms with van der Waals surface area (Å²) in [4.78, 5) is 13.6. The molecule has 2 aromatic carbocycles. The number of methoxy groups -OCH3 is 1. The molecule has 1 heterocycles. The van der Waals surface area contributed by atoms with E-state index in [4.69, 9.17) is 4.74 Å². The van der Waals surface area contributed by atoms with Crippen molar-refractivity contribution < 1.29 is 14.6 Å². The number of ether oxygens (including phenoxy) is 1. The third-order valence-corrected chi connectivity index (χ3v) is 5.14. The third-order valence-electron chi connectivity index (χ3n) is 3.42. The summed E-state index contributed by atoms with van der Waals surface area (Å²) >= 11 is 4.95. The van der Waals surface area contributed by atoms with Crippen molar-refractivity contribution in [1.82, 2.24) is 0 Å². The first-order chi connectivity index (χ1) is 10.6. The average molecular weight is 377 g/mol. The van der Waals surface area contributed by atoms with E-state index in [0.717, 1.165) is 21.6 Å². The van der Waals surface area contributed by atoms with Gasteiger partial charge in [-0.1, -0.05) is 12.1 Å². The minimum Gasteiger partial charge on any atom is -0.503 e. The molecule has 5 heteroatoms. The molecule has 3 nitrogen and oxygen atoms in total. The Morgan fingerprint density at radius 3 is 2.86 bits per heavy atom. The van der Waals surface area contributed by atoms with Gasteiger partial charge < -0.3 is 9.84 Å². The van der Waals surface area contributed by atoms with Gasteiger partial charge in [-0.25, -0.2) is 0 Å². The van der Waals surface area contributed by atoms with Crippen LogP contribution in [0.25, 0.3) is 6.08 Å². The molecule has 0 aromatic heterocycles. The Kier molecular flexibility index (Phi) is 4.27. The SMILES string of the molecule is COc1cc(C=C2CSc3ccccc3C2=O)cc(Br)c1O. The van der Waals surface area contributed by atoms with E-state index >= 15 is 0 Å². The summed E-state index contributed by atoms with van der Waals surface area (Å²) in [6.07, 6.45) is 1.85. The maximum absolute atomic E-state index is 12.6. The summed E-state index contributed by atoms with van der Waals surface area (Å²) in [6.45, 7) is 0. The van der Waals surface area contributed by atoms with Crippen LogP contribution in [-0.2, 0) is 0 Å². The second-order valence-electron chi connectivity index (χ2n) is 4.84. The van der Waals surface area contributed by atoms with Crippen LogP contribution in [-0.4, -0.2) is 23.8 Å². The van der Waals surface area contributed by atoms with Crippen molar-refractivity contribution in [3.05, 3.63) is 57.6 Å². The van der Waals surface area contributed by atoms with Gasteiger partial charge in [0, 0.05) is 21.8 Å². The van der Waals surface area contributed by atoms with Crippen LogP contribution in [0.4, 0.5) is 0 Å². The van der Waals surface area contributed by atoms with Crippen molar-refractivity contribution in [3.63, 3.8) is 0 Å². The number of halogens is 1. The van der Waals surface area contributed by atoms with E-state index < -0.39 is 0 Å². The number of rotatable bonds is 2. The summed E-state index contributed by atoms with van der Waals surface area (Å²) in [5.41, 5.74) is 2.29. The molecule has 2 aromatic rings. The molecule has 0 atom stereocenters. The summed E-state index contributed by atoms with van der Waals surface area (Å²) in [6, 6.07) is 11.1. The highest BCUT2D eigenvalue weighted by Crippen LogP contribution is 2.37. The van der Waals surface area contributed by atoms with E-state index in [1.807, 2.05) is 30.3 Å². The molecule has 0 saturated carbocycles. The van der Waals surface area contributed by atoms with Gasteiger partial charge in [0.2, 0.25) is 0 Å². The van der Waals surface area contributed by atoms with Crippen molar-refractivity contribution in [1.29, 1.82) is 0 Å². The van der Waals surface area contributed by atoms with Gasteiger partial charge >= 0.3 is 0 Å². The highest BCUT2D eigenvalue weighted by atomic mass is 79.9. The molecule has 3 rings (SSSR count). The zero-order valence-corrected chi connectivity index (χ0v) is 14.2. The molecule has 0 bridgehead atoms. The number of fused-ring (bicyclic) bond motifs is 1. The van der Waals surface area contributed by atoms with Gasteiger partial charge in [-0.15, -0.1) is 11.8 Å². The number of thioether (sulfide) groups is 1.